The number of fused-ring (bicyclic) bond motifs is 1. The number of hydrogen-bond acceptors (Lipinski definition) is 1. The van der Waals surface area contributed by atoms with Crippen LogP contribution < -0.4 is 5.32 Å². The molecule has 0 atom stereocenters. The molecule has 1 aromatic heterocycles. The van der Waals surface area contributed by atoms with Crippen LogP contribution in [-0.4, -0.2) is 10.1 Å². The minimum Gasteiger partial charge on any atom is -0.350 e. The molecular formula is C16H24N2. The summed E-state index contributed by atoms with van der Waals surface area (Å²) in [5, 5.41) is 5.07. The largest absolute Gasteiger partial charge is 0.350 e. The lowest BCUT2D eigenvalue weighted by Gasteiger charge is -2.28. The molecule has 0 amide bonds. The van der Waals surface area contributed by atoms with Crippen LogP contribution in [0.15, 0.2) is 30.5 Å². The van der Waals surface area contributed by atoms with Crippen LogP contribution in [0.5, 0.6) is 0 Å². The third-order valence-corrected chi connectivity index (χ3v) is 4.25. The van der Waals surface area contributed by atoms with E-state index in [9.17, 15) is 0 Å². The van der Waals surface area contributed by atoms with E-state index in [0.717, 1.165) is 19.4 Å². The molecule has 0 fully saturated rings. The molecule has 98 valence electrons. The van der Waals surface area contributed by atoms with Gasteiger partial charge in [-0.05, 0) is 31.4 Å². The van der Waals surface area contributed by atoms with E-state index in [1.807, 2.05) is 0 Å². The molecule has 0 saturated heterocycles. The van der Waals surface area contributed by atoms with Crippen LogP contribution in [-0.2, 0) is 13.6 Å². The lowest BCUT2D eigenvalue weighted by atomic mass is 9.95. The standard InChI is InChI=1S/C16H24N2/c1-5-16(3,6-2)17-11-13-12-18(4)15-10-8-7-9-14(13)15/h7-10,12,17H,5-6,11H2,1-4H3. The van der Waals surface area contributed by atoms with Gasteiger partial charge in [-0.1, -0.05) is 32.0 Å². The van der Waals surface area contributed by atoms with Crippen molar-refractivity contribution in [3.05, 3.63) is 36.0 Å². The molecule has 0 spiro atoms. The summed E-state index contributed by atoms with van der Waals surface area (Å²) < 4.78 is 2.21. The number of nitrogens with one attached hydrogen (secondary N) is 1. The highest BCUT2D eigenvalue weighted by molar-refractivity contribution is 5.83. The van der Waals surface area contributed by atoms with E-state index < -0.39 is 0 Å². The molecule has 0 unspecified atom stereocenters. The molecule has 2 heteroatoms. The minimum absolute atomic E-state index is 0.247. The zero-order valence-corrected chi connectivity index (χ0v) is 12.0. The number of nitrogens with zero attached hydrogens (tertiary/aromatic N) is 1. The summed E-state index contributed by atoms with van der Waals surface area (Å²) >= 11 is 0. The number of para-hydroxylation sites is 1. The second-order valence-corrected chi connectivity index (χ2v) is 5.40. The lowest BCUT2D eigenvalue weighted by molar-refractivity contribution is 0.330. The Morgan fingerprint density at radius 2 is 1.83 bits per heavy atom. The van der Waals surface area contributed by atoms with Gasteiger partial charge in [-0.2, -0.15) is 0 Å². The molecule has 2 rings (SSSR count). The monoisotopic (exact) mass is 244 g/mol. The van der Waals surface area contributed by atoms with Crippen LogP contribution in [0.1, 0.15) is 39.2 Å². The summed E-state index contributed by atoms with van der Waals surface area (Å²) in [4.78, 5) is 0. The fourth-order valence-electron chi connectivity index (χ4n) is 2.38. The van der Waals surface area contributed by atoms with Gasteiger partial charge in [-0.3, -0.25) is 0 Å². The van der Waals surface area contributed by atoms with Crippen molar-refractivity contribution < 1.29 is 0 Å². The molecule has 1 aromatic carbocycles. The van der Waals surface area contributed by atoms with Crippen molar-refractivity contribution in [2.75, 3.05) is 0 Å². The Hall–Kier alpha value is -1.28. The van der Waals surface area contributed by atoms with E-state index in [4.69, 9.17) is 0 Å². The van der Waals surface area contributed by atoms with Crippen LogP contribution >= 0.6 is 0 Å². The van der Waals surface area contributed by atoms with E-state index in [1.165, 1.54) is 16.5 Å². The van der Waals surface area contributed by atoms with Crippen LogP contribution in [0.2, 0.25) is 0 Å². The highest BCUT2D eigenvalue weighted by Gasteiger charge is 2.19. The summed E-state index contributed by atoms with van der Waals surface area (Å²) in [5.41, 5.74) is 2.95. The van der Waals surface area contributed by atoms with Gasteiger partial charge in [0, 0.05) is 36.2 Å². The van der Waals surface area contributed by atoms with Crippen LogP contribution in [0.4, 0.5) is 0 Å². The molecule has 1 heterocycles. The van der Waals surface area contributed by atoms with E-state index >= 15 is 0 Å². The van der Waals surface area contributed by atoms with Crippen molar-refractivity contribution in [3.8, 4) is 0 Å². The number of aryl methyl sites for hydroxylation is 1. The van der Waals surface area contributed by atoms with Crippen LogP contribution in [0, 0.1) is 0 Å². The molecule has 1 N–H and O–H groups in total. The van der Waals surface area contributed by atoms with Crippen molar-refractivity contribution in [3.63, 3.8) is 0 Å². The predicted molar refractivity (Wildman–Crippen MR) is 78.7 cm³/mol. The minimum atomic E-state index is 0.247. The third-order valence-electron chi connectivity index (χ3n) is 4.25. The van der Waals surface area contributed by atoms with Crippen LogP contribution in [0.3, 0.4) is 0 Å². The van der Waals surface area contributed by atoms with Gasteiger partial charge < -0.3 is 9.88 Å². The Balaban J connectivity index is 2.22. The molecule has 0 saturated carbocycles. The van der Waals surface area contributed by atoms with Crippen molar-refractivity contribution >= 4 is 10.9 Å². The smallest absolute Gasteiger partial charge is 0.0481 e. The number of aromatic nitrogens is 1. The van der Waals surface area contributed by atoms with Crippen molar-refractivity contribution in [1.29, 1.82) is 0 Å². The summed E-state index contributed by atoms with van der Waals surface area (Å²) in [5.74, 6) is 0. The van der Waals surface area contributed by atoms with Gasteiger partial charge in [-0.15, -0.1) is 0 Å². The molecule has 0 radical (unpaired) electrons. The Labute approximate surface area is 110 Å². The fraction of sp³-hybridized carbons (Fsp3) is 0.500. The normalized spacial score (nSPS) is 12.2. The SMILES string of the molecule is CCC(C)(CC)NCc1cn(C)c2ccccc12. The molecule has 18 heavy (non-hydrogen) atoms. The van der Waals surface area contributed by atoms with Gasteiger partial charge in [0.25, 0.3) is 0 Å². The molecule has 0 aliphatic rings. The maximum absolute atomic E-state index is 3.70. The summed E-state index contributed by atoms with van der Waals surface area (Å²) in [6.45, 7) is 7.75. The first-order valence-electron chi connectivity index (χ1n) is 6.87. The summed E-state index contributed by atoms with van der Waals surface area (Å²) in [7, 11) is 2.12. The Morgan fingerprint density at radius 3 is 2.50 bits per heavy atom. The second kappa shape index (κ2) is 5.15. The molecule has 2 aromatic rings. The maximum atomic E-state index is 3.70. The first kappa shape index (κ1) is 13.2. The fourth-order valence-corrected chi connectivity index (χ4v) is 2.38. The summed E-state index contributed by atoms with van der Waals surface area (Å²) in [6.07, 6.45) is 4.56. The topological polar surface area (TPSA) is 17.0 Å². The maximum Gasteiger partial charge on any atom is 0.0481 e. The van der Waals surface area contributed by atoms with Crippen LogP contribution in [0.25, 0.3) is 10.9 Å². The predicted octanol–water partition coefficient (Wildman–Crippen LogP) is 3.85. The first-order chi connectivity index (χ1) is 8.59. The molecule has 0 bridgehead atoms. The average Bonchev–Trinajstić information content (AvgIpc) is 2.74. The van der Waals surface area contributed by atoms with Crippen molar-refractivity contribution in [2.24, 2.45) is 7.05 Å². The van der Waals surface area contributed by atoms with Crippen molar-refractivity contribution in [1.82, 2.24) is 9.88 Å². The summed E-state index contributed by atoms with van der Waals surface area (Å²) in [6, 6.07) is 8.60. The highest BCUT2D eigenvalue weighted by Crippen LogP contribution is 2.22. The number of hydrogen-bond donors (Lipinski definition) is 1. The molecule has 0 aliphatic carbocycles. The average molecular weight is 244 g/mol. The first-order valence-corrected chi connectivity index (χ1v) is 6.87. The Bertz CT molecular complexity index is 521. The lowest BCUT2D eigenvalue weighted by Crippen LogP contribution is -2.40. The van der Waals surface area contributed by atoms with Gasteiger partial charge in [0.15, 0.2) is 0 Å². The molecular weight excluding hydrogens is 220 g/mol. The molecule has 0 aliphatic heterocycles. The highest BCUT2D eigenvalue weighted by atomic mass is 15.0. The number of rotatable bonds is 5. The van der Waals surface area contributed by atoms with Gasteiger partial charge in [0.1, 0.15) is 0 Å². The Morgan fingerprint density at radius 1 is 1.17 bits per heavy atom. The zero-order valence-electron chi connectivity index (χ0n) is 12.0. The van der Waals surface area contributed by atoms with E-state index in [2.05, 4.69) is 68.2 Å². The zero-order chi connectivity index (χ0) is 13.2. The van der Waals surface area contributed by atoms with Gasteiger partial charge >= 0.3 is 0 Å². The number of benzene rings is 1. The second-order valence-electron chi connectivity index (χ2n) is 5.40. The van der Waals surface area contributed by atoms with Gasteiger partial charge in [0.05, 0.1) is 0 Å². The third kappa shape index (κ3) is 2.44. The van der Waals surface area contributed by atoms with Crippen molar-refractivity contribution in [2.45, 2.75) is 45.7 Å². The van der Waals surface area contributed by atoms with Gasteiger partial charge in [-0.25, -0.2) is 0 Å². The molecule has 2 nitrogen and oxygen atoms in total. The Kier molecular flexibility index (Phi) is 3.76. The van der Waals surface area contributed by atoms with E-state index in [-0.39, 0.29) is 5.54 Å². The quantitative estimate of drug-likeness (QED) is 0.845. The van der Waals surface area contributed by atoms with Gasteiger partial charge in [0.2, 0.25) is 0 Å². The van der Waals surface area contributed by atoms with E-state index in [0.29, 0.717) is 0 Å². The van der Waals surface area contributed by atoms with E-state index in [1.54, 1.807) is 0 Å².